The van der Waals surface area contributed by atoms with Gasteiger partial charge in [-0.25, -0.2) is 0 Å². The molecule has 4 heterocycles. The van der Waals surface area contributed by atoms with Gasteiger partial charge in [0.15, 0.2) is 25.2 Å². The first-order chi connectivity index (χ1) is 21.2. The first-order valence-electron chi connectivity index (χ1n) is 14.1. The minimum atomic E-state index is -1.87. The molecule has 0 radical (unpaired) electrons. The summed E-state index contributed by atoms with van der Waals surface area (Å²) in [6.45, 7) is -2.95. The molecule has 4 aliphatic heterocycles. The molecule has 0 spiro atoms. The Morgan fingerprint density at radius 2 is 0.933 bits per heavy atom. The van der Waals surface area contributed by atoms with E-state index in [0.29, 0.717) is 0 Å². The van der Waals surface area contributed by atoms with Crippen molar-refractivity contribution in [3.63, 3.8) is 0 Å². The van der Waals surface area contributed by atoms with Crippen LogP contribution in [-0.4, -0.2) is 221 Å². The van der Waals surface area contributed by atoms with Crippen LogP contribution in [0.25, 0.3) is 0 Å². The van der Waals surface area contributed by atoms with E-state index in [1.54, 1.807) is 0 Å². The molecule has 0 aromatic carbocycles. The number of hydrogen-bond acceptors (Lipinski definition) is 21. The zero-order chi connectivity index (χ0) is 33.3. The molecule has 4 fully saturated rings. The summed E-state index contributed by atoms with van der Waals surface area (Å²) in [4.78, 5) is 0. The molecule has 21 nitrogen and oxygen atoms in total. The summed E-state index contributed by atoms with van der Waals surface area (Å²) in [5.41, 5.74) is 0. The topological polar surface area (TPSA) is 348 Å². The van der Waals surface area contributed by atoms with Crippen molar-refractivity contribution in [1.29, 1.82) is 0 Å². The van der Waals surface area contributed by atoms with Crippen molar-refractivity contribution in [1.82, 2.24) is 0 Å². The van der Waals surface area contributed by atoms with Crippen molar-refractivity contribution in [2.45, 2.75) is 123 Å². The second-order valence-electron chi connectivity index (χ2n) is 11.2. The highest BCUT2D eigenvalue weighted by Crippen LogP contribution is 2.32. The van der Waals surface area contributed by atoms with E-state index in [1.165, 1.54) is 0 Å². The van der Waals surface area contributed by atoms with Crippen LogP contribution in [0, 0.1) is 0 Å². The fourth-order valence-electron chi connectivity index (χ4n) is 5.36. The zero-order valence-corrected chi connectivity index (χ0v) is 23.5. The number of aliphatic hydroxyl groups is 14. The van der Waals surface area contributed by atoms with Gasteiger partial charge in [0.25, 0.3) is 0 Å². The summed E-state index contributed by atoms with van der Waals surface area (Å²) in [5, 5.41) is 140. The van der Waals surface area contributed by atoms with Gasteiger partial charge >= 0.3 is 0 Å². The van der Waals surface area contributed by atoms with E-state index in [2.05, 4.69) is 0 Å². The number of ether oxygens (including phenoxy) is 7. The molecule has 45 heavy (non-hydrogen) atoms. The molecule has 0 aromatic heterocycles. The Hall–Kier alpha value is -0.840. The normalized spacial score (nSPS) is 50.5. The van der Waals surface area contributed by atoms with E-state index in [-0.39, 0.29) is 0 Å². The van der Waals surface area contributed by atoms with Crippen LogP contribution in [0.5, 0.6) is 0 Å². The van der Waals surface area contributed by atoms with Gasteiger partial charge in [-0.3, -0.25) is 0 Å². The molecule has 264 valence electrons. The van der Waals surface area contributed by atoms with Crippen LogP contribution in [0.3, 0.4) is 0 Å². The van der Waals surface area contributed by atoms with Gasteiger partial charge < -0.3 is 105 Å². The van der Waals surface area contributed by atoms with Gasteiger partial charge in [0, 0.05) is 0 Å². The van der Waals surface area contributed by atoms with E-state index < -0.39 is 149 Å². The lowest BCUT2D eigenvalue weighted by molar-refractivity contribution is -0.330. The maximum atomic E-state index is 10.5. The molecule has 0 aliphatic carbocycles. The van der Waals surface area contributed by atoms with Crippen LogP contribution in [0.1, 0.15) is 0 Å². The fourth-order valence-corrected chi connectivity index (χ4v) is 5.36. The maximum Gasteiger partial charge on any atom is 0.187 e. The monoisotopic (exact) mass is 666 g/mol. The predicted octanol–water partition coefficient (Wildman–Crippen LogP) is -9.75. The highest BCUT2D eigenvalue weighted by atomic mass is 16.8. The SMILES string of the molecule is OC[C@@H](O)[C@@H]1O[C@@H](O[C@H](CO)[C@@H]2O[C@@H](OC[C@H]3O[C@H](OC[C@H]4OC(O)[C@@H](O)[C@@H](O)[C@@H]4O)[C@@H](O)[C@@H](O)[C@@H]3O)[C@H](O)[C@H]2O)[C@H](O)[C@H]1O. The molecule has 0 amide bonds. The Labute approximate surface area is 254 Å². The molecule has 0 bridgehead atoms. The summed E-state index contributed by atoms with van der Waals surface area (Å²) in [6, 6.07) is 0. The summed E-state index contributed by atoms with van der Waals surface area (Å²) < 4.78 is 37.4. The van der Waals surface area contributed by atoms with Crippen molar-refractivity contribution in [3.05, 3.63) is 0 Å². The Kier molecular flexibility index (Phi) is 12.8. The third-order valence-electron chi connectivity index (χ3n) is 8.14. The van der Waals surface area contributed by atoms with Crippen molar-refractivity contribution >= 4 is 0 Å². The highest BCUT2D eigenvalue weighted by molar-refractivity contribution is 4.96. The van der Waals surface area contributed by atoms with Gasteiger partial charge in [0.2, 0.25) is 0 Å². The van der Waals surface area contributed by atoms with Crippen molar-refractivity contribution < 1.29 is 105 Å². The van der Waals surface area contributed by atoms with Crippen LogP contribution < -0.4 is 0 Å². The average Bonchev–Trinajstić information content (AvgIpc) is 3.47. The molecule has 4 aliphatic rings. The lowest BCUT2D eigenvalue weighted by Crippen LogP contribution is -2.61. The van der Waals surface area contributed by atoms with Gasteiger partial charge in [-0.1, -0.05) is 0 Å². The third kappa shape index (κ3) is 7.75. The molecule has 0 aromatic rings. The molecule has 20 atom stereocenters. The molecule has 4 saturated heterocycles. The standard InChI is InChI=1S/C24H42O21/c25-1-5(27)19-13(32)18(37)24(44-19)42-6(2-26)20-14(33)17(36)23(45-20)40-4-8-10(29)12(31)16(35)22(43-8)39-3-7-9(28)11(30)15(34)21(38)41-7/h5-38H,1-4H2/t5-,6-,7-,8-,9-,10-,11+,12+,13-,14-,15+,16+,17-,18-,19+,20+,21?,22+,23-,24-/m1/s1. The molecular formula is C24H42O21. The average molecular weight is 667 g/mol. The van der Waals surface area contributed by atoms with Crippen molar-refractivity contribution in [2.24, 2.45) is 0 Å². The Bertz CT molecular complexity index is 918. The third-order valence-corrected chi connectivity index (χ3v) is 8.14. The predicted molar refractivity (Wildman–Crippen MR) is 134 cm³/mol. The van der Waals surface area contributed by atoms with E-state index >= 15 is 0 Å². The maximum absolute atomic E-state index is 10.5. The second kappa shape index (κ2) is 15.6. The van der Waals surface area contributed by atoms with Crippen LogP contribution >= 0.6 is 0 Å². The summed E-state index contributed by atoms with van der Waals surface area (Å²) in [7, 11) is 0. The Morgan fingerprint density at radius 1 is 0.467 bits per heavy atom. The molecular weight excluding hydrogens is 624 g/mol. The minimum absolute atomic E-state index is 0.628. The van der Waals surface area contributed by atoms with E-state index in [1.807, 2.05) is 0 Å². The Balaban J connectivity index is 1.32. The van der Waals surface area contributed by atoms with Gasteiger partial charge in [-0.05, 0) is 0 Å². The summed E-state index contributed by atoms with van der Waals surface area (Å²) in [6.07, 6.45) is -33.5. The van der Waals surface area contributed by atoms with Gasteiger partial charge in [0.1, 0.15) is 97.7 Å². The van der Waals surface area contributed by atoms with Crippen LogP contribution in [0.15, 0.2) is 0 Å². The smallest absolute Gasteiger partial charge is 0.187 e. The van der Waals surface area contributed by atoms with Crippen molar-refractivity contribution in [2.75, 3.05) is 26.4 Å². The Morgan fingerprint density at radius 3 is 1.51 bits per heavy atom. The van der Waals surface area contributed by atoms with Gasteiger partial charge in [-0.2, -0.15) is 0 Å². The fraction of sp³-hybridized carbons (Fsp3) is 1.00. The summed E-state index contributed by atoms with van der Waals surface area (Å²) >= 11 is 0. The van der Waals surface area contributed by atoms with E-state index in [0.717, 1.165) is 0 Å². The van der Waals surface area contributed by atoms with Crippen molar-refractivity contribution in [3.8, 4) is 0 Å². The molecule has 21 heteroatoms. The lowest BCUT2D eigenvalue weighted by atomic mass is 9.98. The van der Waals surface area contributed by atoms with Crippen LogP contribution in [-0.2, 0) is 33.2 Å². The second-order valence-corrected chi connectivity index (χ2v) is 11.2. The van der Waals surface area contributed by atoms with Gasteiger partial charge in [-0.15, -0.1) is 0 Å². The molecule has 14 N–H and O–H groups in total. The van der Waals surface area contributed by atoms with Crippen LogP contribution in [0.2, 0.25) is 0 Å². The summed E-state index contributed by atoms with van der Waals surface area (Å²) in [5.74, 6) is 0. The minimum Gasteiger partial charge on any atom is -0.394 e. The highest BCUT2D eigenvalue weighted by Gasteiger charge is 2.53. The van der Waals surface area contributed by atoms with Crippen LogP contribution in [0.4, 0.5) is 0 Å². The van der Waals surface area contributed by atoms with E-state index in [9.17, 15) is 66.4 Å². The molecule has 4 rings (SSSR count). The number of hydrogen-bond donors (Lipinski definition) is 14. The largest absolute Gasteiger partial charge is 0.394 e. The lowest BCUT2D eigenvalue weighted by Gasteiger charge is -2.42. The molecule has 0 saturated carbocycles. The first-order valence-corrected chi connectivity index (χ1v) is 14.1. The van der Waals surface area contributed by atoms with E-state index in [4.69, 9.17) is 38.3 Å². The number of rotatable bonds is 12. The zero-order valence-electron chi connectivity index (χ0n) is 23.5. The quantitative estimate of drug-likeness (QED) is 0.0919. The molecule has 1 unspecified atom stereocenters. The van der Waals surface area contributed by atoms with Gasteiger partial charge in [0.05, 0.1) is 26.4 Å². The number of aliphatic hydroxyl groups excluding tert-OH is 14. The first kappa shape index (κ1) is 37.0.